The van der Waals surface area contributed by atoms with E-state index in [1.54, 1.807) is 0 Å². The Kier molecular flexibility index (Phi) is 3.34. The average Bonchev–Trinajstić information content (AvgIpc) is 2.79. The van der Waals surface area contributed by atoms with Gasteiger partial charge >= 0.3 is 0 Å². The van der Waals surface area contributed by atoms with Crippen LogP contribution in [-0.4, -0.2) is 9.55 Å². The largest absolute Gasteiger partial charge is 0.329 e. The zero-order valence-corrected chi connectivity index (χ0v) is 13.0. The molecule has 1 aromatic carbocycles. The first-order chi connectivity index (χ1) is 10.1. The van der Waals surface area contributed by atoms with Crippen LogP contribution in [0.1, 0.15) is 11.3 Å². The van der Waals surface area contributed by atoms with E-state index >= 15 is 0 Å². The summed E-state index contributed by atoms with van der Waals surface area (Å²) in [6.45, 7) is 4.17. The van der Waals surface area contributed by atoms with E-state index in [1.165, 1.54) is 16.8 Å². The lowest BCUT2D eigenvalue weighted by atomic mass is 10.0. The molecule has 0 saturated carbocycles. The molecule has 21 heavy (non-hydrogen) atoms. The van der Waals surface area contributed by atoms with Crippen molar-refractivity contribution in [1.29, 1.82) is 0 Å². The van der Waals surface area contributed by atoms with Crippen LogP contribution in [0.5, 0.6) is 0 Å². The van der Waals surface area contributed by atoms with Gasteiger partial charge in [0.25, 0.3) is 0 Å². The normalized spacial score (nSPS) is 10.9. The molecule has 3 heteroatoms. The van der Waals surface area contributed by atoms with Crippen molar-refractivity contribution in [2.45, 2.75) is 13.8 Å². The number of hydrogen-bond acceptors (Lipinski definition) is 1. The summed E-state index contributed by atoms with van der Waals surface area (Å²) in [5, 5.41) is 0. The van der Waals surface area contributed by atoms with E-state index in [9.17, 15) is 0 Å². The van der Waals surface area contributed by atoms with Crippen LogP contribution in [0.4, 0.5) is 0 Å². The van der Waals surface area contributed by atoms with Crippen molar-refractivity contribution in [3.63, 3.8) is 0 Å². The third kappa shape index (κ3) is 2.35. The Morgan fingerprint density at radius 2 is 1.67 bits per heavy atom. The van der Waals surface area contributed by atoms with E-state index in [0.717, 1.165) is 17.2 Å². The molecular formula is C18H20N3+. The number of rotatable bonds is 2. The van der Waals surface area contributed by atoms with Crippen LogP contribution in [0.15, 0.2) is 48.7 Å². The molecule has 0 radical (unpaired) electrons. The van der Waals surface area contributed by atoms with E-state index < -0.39 is 0 Å². The van der Waals surface area contributed by atoms with E-state index in [4.69, 9.17) is 0 Å². The summed E-state index contributed by atoms with van der Waals surface area (Å²) in [6.07, 6.45) is 2.05. The van der Waals surface area contributed by atoms with Crippen molar-refractivity contribution in [1.82, 2.24) is 9.55 Å². The zero-order chi connectivity index (χ0) is 15.0. The zero-order valence-electron chi connectivity index (χ0n) is 13.0. The van der Waals surface area contributed by atoms with E-state index in [1.807, 2.05) is 14.0 Å². The lowest BCUT2D eigenvalue weighted by Crippen LogP contribution is -2.34. The van der Waals surface area contributed by atoms with Crippen LogP contribution in [0, 0.1) is 13.8 Å². The van der Waals surface area contributed by atoms with Gasteiger partial charge in [-0.25, -0.2) is 4.98 Å². The number of hydrogen-bond donors (Lipinski definition) is 0. The van der Waals surface area contributed by atoms with Crippen LogP contribution in [0.2, 0.25) is 0 Å². The third-order valence-electron chi connectivity index (χ3n) is 3.88. The molecule has 0 bridgehead atoms. The maximum absolute atomic E-state index is 4.64. The predicted octanol–water partition coefficient (Wildman–Crippen LogP) is 3.20. The molecule has 0 aliphatic rings. The first kappa shape index (κ1) is 13.6. The van der Waals surface area contributed by atoms with E-state index in [2.05, 4.69) is 76.8 Å². The van der Waals surface area contributed by atoms with Gasteiger partial charge in [-0.05, 0) is 31.5 Å². The molecule has 0 aliphatic carbocycles. The minimum atomic E-state index is 0.991. The predicted molar refractivity (Wildman–Crippen MR) is 84.7 cm³/mol. The minimum absolute atomic E-state index is 0.991. The van der Waals surface area contributed by atoms with Crippen LogP contribution in [0.25, 0.3) is 22.8 Å². The Hall–Kier alpha value is -2.42. The highest BCUT2D eigenvalue weighted by Gasteiger charge is 2.20. The fraction of sp³-hybridized carbons (Fsp3) is 0.222. The number of pyridine rings is 1. The van der Waals surface area contributed by atoms with Crippen LogP contribution in [0.3, 0.4) is 0 Å². The van der Waals surface area contributed by atoms with Crippen molar-refractivity contribution in [2.75, 3.05) is 0 Å². The standard InChI is InChI=1S/C18H20N3/c1-13-8-5-6-9-15(13)16-10-7-11-17(21(16)4)18-19-14(2)12-20(18)3/h5-12H,1-4H3/q+1. The summed E-state index contributed by atoms with van der Waals surface area (Å²) >= 11 is 0. The summed E-state index contributed by atoms with van der Waals surface area (Å²) in [5.41, 5.74) is 5.89. The SMILES string of the molecule is Cc1cn(C)c(-c2cccc(-c3ccccc3C)[n+]2C)n1. The molecule has 0 unspecified atom stereocenters. The summed E-state index contributed by atoms with van der Waals surface area (Å²) in [5.74, 6) is 0.991. The van der Waals surface area contributed by atoms with Gasteiger partial charge in [0.2, 0.25) is 17.2 Å². The Morgan fingerprint density at radius 1 is 0.952 bits per heavy atom. The van der Waals surface area contributed by atoms with E-state index in [0.29, 0.717) is 0 Å². The van der Waals surface area contributed by atoms with Gasteiger partial charge in [-0.1, -0.05) is 18.2 Å². The first-order valence-corrected chi connectivity index (χ1v) is 7.13. The molecule has 3 rings (SSSR count). The van der Waals surface area contributed by atoms with Crippen LogP contribution < -0.4 is 4.57 Å². The molecule has 0 N–H and O–H groups in total. The Morgan fingerprint density at radius 3 is 2.33 bits per heavy atom. The topological polar surface area (TPSA) is 21.7 Å². The summed E-state index contributed by atoms with van der Waals surface area (Å²) in [4.78, 5) is 4.64. The summed E-state index contributed by atoms with van der Waals surface area (Å²) in [6, 6.07) is 14.8. The fourth-order valence-corrected chi connectivity index (χ4v) is 2.79. The van der Waals surface area contributed by atoms with Crippen molar-refractivity contribution in [2.24, 2.45) is 14.1 Å². The second-order valence-electron chi connectivity index (χ2n) is 5.49. The molecule has 0 saturated heterocycles. The molecule has 2 aromatic heterocycles. The minimum Gasteiger partial charge on any atom is -0.329 e. The smallest absolute Gasteiger partial charge is 0.248 e. The molecule has 0 atom stereocenters. The van der Waals surface area contributed by atoms with Crippen LogP contribution in [-0.2, 0) is 14.1 Å². The average molecular weight is 278 g/mol. The number of aromatic nitrogens is 3. The van der Waals surface area contributed by atoms with Crippen molar-refractivity contribution >= 4 is 0 Å². The van der Waals surface area contributed by atoms with Crippen molar-refractivity contribution in [3.8, 4) is 22.8 Å². The highest BCUT2D eigenvalue weighted by molar-refractivity contribution is 5.62. The van der Waals surface area contributed by atoms with Crippen molar-refractivity contribution in [3.05, 3.63) is 59.9 Å². The lowest BCUT2D eigenvalue weighted by molar-refractivity contribution is -0.649. The Labute approximate surface area is 125 Å². The maximum atomic E-state index is 4.64. The number of benzene rings is 1. The van der Waals surface area contributed by atoms with Gasteiger partial charge in [0.1, 0.15) is 7.05 Å². The quantitative estimate of drug-likeness (QED) is 0.660. The Bertz CT molecular complexity index is 800. The highest BCUT2D eigenvalue weighted by atomic mass is 15.1. The molecule has 0 amide bonds. The number of aryl methyl sites for hydroxylation is 3. The molecule has 3 nitrogen and oxygen atoms in total. The number of imidazole rings is 1. The first-order valence-electron chi connectivity index (χ1n) is 7.13. The third-order valence-corrected chi connectivity index (χ3v) is 3.88. The molecule has 106 valence electrons. The van der Waals surface area contributed by atoms with E-state index in [-0.39, 0.29) is 0 Å². The van der Waals surface area contributed by atoms with Gasteiger partial charge in [-0.3, -0.25) is 0 Å². The van der Waals surface area contributed by atoms with Gasteiger partial charge in [0.15, 0.2) is 0 Å². The summed E-state index contributed by atoms with van der Waals surface area (Å²) in [7, 11) is 4.14. The molecule has 0 aliphatic heterocycles. The molecule has 2 heterocycles. The van der Waals surface area contributed by atoms with Crippen molar-refractivity contribution < 1.29 is 4.57 Å². The second kappa shape index (κ2) is 5.17. The van der Waals surface area contributed by atoms with Gasteiger partial charge in [-0.2, -0.15) is 4.57 Å². The van der Waals surface area contributed by atoms with Gasteiger partial charge in [0, 0.05) is 30.9 Å². The monoisotopic (exact) mass is 278 g/mol. The molecule has 3 aromatic rings. The van der Waals surface area contributed by atoms with Gasteiger partial charge in [0.05, 0.1) is 5.69 Å². The molecule has 0 fully saturated rings. The highest BCUT2D eigenvalue weighted by Crippen LogP contribution is 2.22. The summed E-state index contributed by atoms with van der Waals surface area (Å²) < 4.78 is 4.29. The second-order valence-corrected chi connectivity index (χ2v) is 5.49. The van der Waals surface area contributed by atoms with Gasteiger partial charge in [-0.15, -0.1) is 0 Å². The lowest BCUT2D eigenvalue weighted by Gasteiger charge is -2.07. The number of nitrogens with zero attached hydrogens (tertiary/aromatic N) is 3. The molecule has 0 spiro atoms. The Balaban J connectivity index is 2.21. The maximum Gasteiger partial charge on any atom is 0.248 e. The fourth-order valence-electron chi connectivity index (χ4n) is 2.79. The molecular weight excluding hydrogens is 258 g/mol. The van der Waals surface area contributed by atoms with Crippen LogP contribution >= 0.6 is 0 Å². The van der Waals surface area contributed by atoms with Gasteiger partial charge < -0.3 is 4.57 Å².